The molecular weight excluding hydrogens is 350 g/mol. The van der Waals surface area contributed by atoms with Gasteiger partial charge in [0.1, 0.15) is 11.9 Å². The second-order valence-electron chi connectivity index (χ2n) is 7.22. The van der Waals surface area contributed by atoms with Crippen LogP contribution in [0, 0.1) is 25.2 Å². The van der Waals surface area contributed by atoms with E-state index in [0.29, 0.717) is 31.0 Å². The van der Waals surface area contributed by atoms with Gasteiger partial charge in [-0.05, 0) is 44.0 Å². The Morgan fingerprint density at radius 1 is 1.14 bits per heavy atom. The fourth-order valence-electron chi connectivity index (χ4n) is 3.90. The zero-order valence-corrected chi connectivity index (χ0v) is 16.2. The van der Waals surface area contributed by atoms with Crippen molar-refractivity contribution in [1.29, 1.82) is 5.26 Å². The van der Waals surface area contributed by atoms with Gasteiger partial charge in [0.2, 0.25) is 0 Å². The van der Waals surface area contributed by atoms with Gasteiger partial charge in [-0.15, -0.1) is 0 Å². The summed E-state index contributed by atoms with van der Waals surface area (Å²) in [5, 5.41) is 10.5. The van der Waals surface area contributed by atoms with Crippen LogP contribution in [-0.2, 0) is 0 Å². The number of carbonyl (C=O) groups excluding carboxylic acids is 1. The highest BCUT2D eigenvalue weighted by molar-refractivity contribution is 6.06. The Hall–Kier alpha value is -3.33. The summed E-state index contributed by atoms with van der Waals surface area (Å²) in [7, 11) is 0. The van der Waals surface area contributed by atoms with Gasteiger partial charge in [-0.3, -0.25) is 4.79 Å². The average molecular weight is 373 g/mol. The van der Waals surface area contributed by atoms with E-state index in [2.05, 4.69) is 33.9 Å². The first-order chi connectivity index (χ1) is 13.6. The van der Waals surface area contributed by atoms with Gasteiger partial charge < -0.3 is 14.8 Å². The van der Waals surface area contributed by atoms with E-state index >= 15 is 0 Å². The maximum atomic E-state index is 13.3. The molecule has 1 amide bonds. The minimum atomic E-state index is 0.0511. The van der Waals surface area contributed by atoms with Crippen molar-refractivity contribution in [3.05, 3.63) is 58.9 Å². The van der Waals surface area contributed by atoms with Crippen molar-refractivity contribution < 1.29 is 4.79 Å². The number of para-hydroxylation sites is 1. The first-order valence-electron chi connectivity index (χ1n) is 9.57. The Kier molecular flexibility index (Phi) is 4.74. The first-order valence-corrected chi connectivity index (χ1v) is 9.57. The number of nitriles is 1. The summed E-state index contributed by atoms with van der Waals surface area (Å²) in [6.07, 6.45) is 2.55. The third kappa shape index (κ3) is 3.09. The van der Waals surface area contributed by atoms with E-state index in [0.717, 1.165) is 35.1 Å². The first kappa shape index (κ1) is 18.1. The summed E-state index contributed by atoms with van der Waals surface area (Å²) < 4.78 is 0. The molecule has 1 aliphatic rings. The maximum Gasteiger partial charge on any atom is 0.256 e. The molecule has 0 unspecified atom stereocenters. The van der Waals surface area contributed by atoms with Gasteiger partial charge in [0, 0.05) is 43.5 Å². The number of nitrogens with zero attached hydrogens (tertiary/aromatic N) is 4. The summed E-state index contributed by atoms with van der Waals surface area (Å²) in [4.78, 5) is 25.1. The lowest BCUT2D eigenvalue weighted by atomic mass is 10.1. The van der Waals surface area contributed by atoms with Crippen molar-refractivity contribution >= 4 is 22.6 Å². The van der Waals surface area contributed by atoms with E-state index in [1.807, 2.05) is 24.0 Å². The molecular formula is C22H23N5O. The summed E-state index contributed by atoms with van der Waals surface area (Å²) >= 11 is 0. The Morgan fingerprint density at radius 2 is 2.00 bits per heavy atom. The number of anilines is 1. The van der Waals surface area contributed by atoms with Crippen molar-refractivity contribution in [3.63, 3.8) is 0 Å². The van der Waals surface area contributed by atoms with E-state index in [9.17, 15) is 10.1 Å². The molecule has 4 rings (SSSR count). The van der Waals surface area contributed by atoms with Gasteiger partial charge in [-0.2, -0.15) is 5.26 Å². The van der Waals surface area contributed by atoms with Crippen LogP contribution in [0.3, 0.4) is 0 Å². The maximum absolute atomic E-state index is 13.3. The standard InChI is InChI=1S/C22H23N5O/c1-15-16(2)25-20-18(15)7-3-8-19(20)22(28)27-11-5-10-26(12-13-27)21-17(14-23)6-4-9-24-21/h3-4,6-9,25H,5,10-13H2,1-2H3. The number of rotatable bonds is 2. The zero-order valence-electron chi connectivity index (χ0n) is 16.2. The SMILES string of the molecule is Cc1[nH]c2c(C(=O)N3CCCN(c4ncccc4C#N)CC3)cccc2c1C. The van der Waals surface area contributed by atoms with E-state index in [4.69, 9.17) is 0 Å². The molecule has 0 atom stereocenters. The minimum absolute atomic E-state index is 0.0511. The van der Waals surface area contributed by atoms with E-state index in [-0.39, 0.29) is 5.91 Å². The second kappa shape index (κ2) is 7.35. The van der Waals surface area contributed by atoms with Crippen LogP contribution >= 0.6 is 0 Å². The third-order valence-corrected chi connectivity index (χ3v) is 5.56. The van der Waals surface area contributed by atoms with Gasteiger partial charge in [-0.1, -0.05) is 12.1 Å². The van der Waals surface area contributed by atoms with E-state index in [1.165, 1.54) is 5.56 Å². The molecule has 0 spiro atoms. The lowest BCUT2D eigenvalue weighted by Crippen LogP contribution is -2.35. The molecule has 1 saturated heterocycles. The Balaban J connectivity index is 1.58. The number of nitrogens with one attached hydrogen (secondary N) is 1. The van der Waals surface area contributed by atoms with Crippen molar-refractivity contribution in [1.82, 2.24) is 14.9 Å². The van der Waals surface area contributed by atoms with E-state index in [1.54, 1.807) is 18.3 Å². The molecule has 6 heteroatoms. The molecule has 28 heavy (non-hydrogen) atoms. The van der Waals surface area contributed by atoms with Crippen LogP contribution in [-0.4, -0.2) is 47.0 Å². The van der Waals surface area contributed by atoms with Gasteiger partial charge in [0.25, 0.3) is 5.91 Å². The normalized spacial score (nSPS) is 14.8. The molecule has 1 aliphatic heterocycles. The summed E-state index contributed by atoms with van der Waals surface area (Å²) in [6.45, 7) is 6.85. The molecule has 0 radical (unpaired) electrons. The molecule has 2 aromatic heterocycles. The molecule has 0 bridgehead atoms. The number of fused-ring (bicyclic) bond motifs is 1. The topological polar surface area (TPSA) is 76.0 Å². The number of hydrogen-bond acceptors (Lipinski definition) is 4. The molecule has 0 saturated carbocycles. The molecule has 3 heterocycles. The molecule has 142 valence electrons. The van der Waals surface area contributed by atoms with Gasteiger partial charge in [-0.25, -0.2) is 4.98 Å². The van der Waals surface area contributed by atoms with Crippen LogP contribution < -0.4 is 4.90 Å². The molecule has 3 aromatic rings. The fourth-order valence-corrected chi connectivity index (χ4v) is 3.90. The molecule has 1 fully saturated rings. The van der Waals surface area contributed by atoms with Crippen molar-refractivity contribution in [2.45, 2.75) is 20.3 Å². The smallest absolute Gasteiger partial charge is 0.256 e. The summed E-state index contributed by atoms with van der Waals surface area (Å²) in [6, 6.07) is 11.7. The van der Waals surface area contributed by atoms with Gasteiger partial charge in [0.05, 0.1) is 16.6 Å². The van der Waals surface area contributed by atoms with Crippen molar-refractivity contribution in [3.8, 4) is 6.07 Å². The lowest BCUT2D eigenvalue weighted by Gasteiger charge is -2.23. The average Bonchev–Trinajstić information content (AvgIpc) is 2.90. The fraction of sp³-hybridized carbons (Fsp3) is 0.318. The number of benzene rings is 1. The lowest BCUT2D eigenvalue weighted by molar-refractivity contribution is 0.0769. The highest BCUT2D eigenvalue weighted by atomic mass is 16.2. The van der Waals surface area contributed by atoms with Crippen LogP contribution in [0.4, 0.5) is 5.82 Å². The second-order valence-corrected chi connectivity index (χ2v) is 7.22. The number of H-pyrrole nitrogens is 1. The van der Waals surface area contributed by atoms with Gasteiger partial charge >= 0.3 is 0 Å². The van der Waals surface area contributed by atoms with Crippen LogP contribution in [0.15, 0.2) is 36.5 Å². The third-order valence-electron chi connectivity index (χ3n) is 5.56. The van der Waals surface area contributed by atoms with Crippen LogP contribution in [0.5, 0.6) is 0 Å². The summed E-state index contributed by atoms with van der Waals surface area (Å²) in [5.74, 6) is 0.757. The number of aromatic nitrogens is 2. The molecule has 6 nitrogen and oxygen atoms in total. The monoisotopic (exact) mass is 373 g/mol. The Bertz CT molecular complexity index is 1080. The predicted octanol–water partition coefficient (Wildman–Crippen LogP) is 3.40. The van der Waals surface area contributed by atoms with Gasteiger partial charge in [0.15, 0.2) is 0 Å². The number of aryl methyl sites for hydroxylation is 2. The largest absolute Gasteiger partial charge is 0.358 e. The molecule has 0 aliphatic carbocycles. The molecule has 1 N–H and O–H groups in total. The quantitative estimate of drug-likeness (QED) is 0.747. The number of aromatic amines is 1. The number of pyridine rings is 1. The molecule has 1 aromatic carbocycles. The van der Waals surface area contributed by atoms with Crippen LogP contribution in [0.1, 0.15) is 33.6 Å². The zero-order chi connectivity index (χ0) is 19.7. The highest BCUT2D eigenvalue weighted by Crippen LogP contribution is 2.26. The van der Waals surface area contributed by atoms with E-state index < -0.39 is 0 Å². The number of amides is 1. The Labute approximate surface area is 164 Å². The predicted molar refractivity (Wildman–Crippen MR) is 109 cm³/mol. The highest BCUT2D eigenvalue weighted by Gasteiger charge is 2.24. The summed E-state index contributed by atoms with van der Waals surface area (Å²) in [5.41, 5.74) is 4.49. The van der Waals surface area contributed by atoms with Crippen LogP contribution in [0.2, 0.25) is 0 Å². The van der Waals surface area contributed by atoms with Crippen molar-refractivity contribution in [2.75, 3.05) is 31.1 Å². The Morgan fingerprint density at radius 3 is 2.82 bits per heavy atom. The van der Waals surface area contributed by atoms with Crippen LogP contribution in [0.25, 0.3) is 10.9 Å². The minimum Gasteiger partial charge on any atom is -0.358 e. The number of carbonyl (C=O) groups is 1. The van der Waals surface area contributed by atoms with Crippen molar-refractivity contribution in [2.24, 2.45) is 0 Å². The number of hydrogen-bond donors (Lipinski definition) is 1.